The van der Waals surface area contributed by atoms with E-state index in [1.165, 1.54) is 6.26 Å². The lowest BCUT2D eigenvalue weighted by molar-refractivity contribution is -0.159. The van der Waals surface area contributed by atoms with E-state index >= 15 is 0 Å². The smallest absolute Gasteiger partial charge is 0.333 e. The molecule has 0 saturated heterocycles. The summed E-state index contributed by atoms with van der Waals surface area (Å²) in [5.74, 6) is -0.505. The normalized spacial score (nSPS) is 11.3. The number of rotatable bonds is 4. The van der Waals surface area contributed by atoms with Gasteiger partial charge < -0.3 is 9.47 Å². The summed E-state index contributed by atoms with van der Waals surface area (Å²) in [5, 5.41) is 0. The van der Waals surface area contributed by atoms with Crippen LogP contribution in [-0.4, -0.2) is 12.3 Å². The van der Waals surface area contributed by atoms with Crippen molar-refractivity contribution < 1.29 is 14.3 Å². The molecule has 56 valence electrons. The van der Waals surface area contributed by atoms with Crippen LogP contribution >= 0.6 is 0 Å². The SMILES string of the molecule is C=COC(C)OC(=O)C=C. The molecule has 0 aromatic rings. The lowest BCUT2D eigenvalue weighted by atomic mass is 10.6. The molecule has 0 rings (SSSR count). The molecule has 0 saturated carbocycles. The molecule has 3 heteroatoms. The zero-order chi connectivity index (χ0) is 7.98. The Kier molecular flexibility index (Phi) is 4.04. The van der Waals surface area contributed by atoms with E-state index in [2.05, 4.69) is 22.6 Å². The zero-order valence-electron chi connectivity index (χ0n) is 5.87. The Morgan fingerprint density at radius 1 is 1.60 bits per heavy atom. The van der Waals surface area contributed by atoms with Crippen LogP contribution in [-0.2, 0) is 14.3 Å². The summed E-state index contributed by atoms with van der Waals surface area (Å²) in [5.41, 5.74) is 0. The highest BCUT2D eigenvalue weighted by Crippen LogP contribution is 1.93. The van der Waals surface area contributed by atoms with Gasteiger partial charge in [0.2, 0.25) is 6.29 Å². The Hall–Kier alpha value is -1.25. The molecule has 10 heavy (non-hydrogen) atoms. The van der Waals surface area contributed by atoms with Crippen LogP contribution in [0.15, 0.2) is 25.5 Å². The van der Waals surface area contributed by atoms with Crippen molar-refractivity contribution in [3.63, 3.8) is 0 Å². The van der Waals surface area contributed by atoms with Gasteiger partial charge in [0.25, 0.3) is 0 Å². The van der Waals surface area contributed by atoms with Crippen LogP contribution in [0.2, 0.25) is 0 Å². The first kappa shape index (κ1) is 8.75. The molecule has 0 bridgehead atoms. The molecule has 0 aliphatic carbocycles. The van der Waals surface area contributed by atoms with Crippen molar-refractivity contribution in [2.24, 2.45) is 0 Å². The molecule has 0 aliphatic rings. The topological polar surface area (TPSA) is 35.5 Å². The molecule has 3 nitrogen and oxygen atoms in total. The largest absolute Gasteiger partial charge is 0.463 e. The number of hydrogen-bond donors (Lipinski definition) is 0. The van der Waals surface area contributed by atoms with Gasteiger partial charge in [-0.3, -0.25) is 0 Å². The number of esters is 1. The molecule has 0 fully saturated rings. The van der Waals surface area contributed by atoms with Crippen LogP contribution in [0.25, 0.3) is 0 Å². The van der Waals surface area contributed by atoms with E-state index in [-0.39, 0.29) is 0 Å². The van der Waals surface area contributed by atoms with Crippen LogP contribution in [0.1, 0.15) is 6.92 Å². The van der Waals surface area contributed by atoms with Crippen LogP contribution in [0.3, 0.4) is 0 Å². The maximum atomic E-state index is 10.4. The molecule has 0 radical (unpaired) electrons. The second-order valence-electron chi connectivity index (χ2n) is 1.51. The first-order chi connectivity index (χ1) is 4.70. The molecule has 0 amide bonds. The molecule has 0 aliphatic heterocycles. The summed E-state index contributed by atoms with van der Waals surface area (Å²) >= 11 is 0. The molecule has 1 atom stereocenters. The van der Waals surface area contributed by atoms with Gasteiger partial charge >= 0.3 is 5.97 Å². The summed E-state index contributed by atoms with van der Waals surface area (Å²) < 4.78 is 9.28. The van der Waals surface area contributed by atoms with Crippen LogP contribution < -0.4 is 0 Å². The fraction of sp³-hybridized carbons (Fsp3) is 0.286. The van der Waals surface area contributed by atoms with Crippen molar-refractivity contribution in [3.05, 3.63) is 25.5 Å². The van der Waals surface area contributed by atoms with E-state index in [4.69, 9.17) is 0 Å². The summed E-state index contributed by atoms with van der Waals surface area (Å²) in [6, 6.07) is 0. The van der Waals surface area contributed by atoms with E-state index in [0.29, 0.717) is 0 Å². The fourth-order valence-electron chi connectivity index (χ4n) is 0.375. The molecule has 0 N–H and O–H groups in total. The predicted octanol–water partition coefficient (Wildman–Crippen LogP) is 1.22. The highest BCUT2D eigenvalue weighted by Gasteiger charge is 2.02. The first-order valence-electron chi connectivity index (χ1n) is 2.80. The highest BCUT2D eigenvalue weighted by atomic mass is 16.7. The number of ether oxygens (including phenoxy) is 2. The van der Waals surface area contributed by atoms with Gasteiger partial charge in [-0.15, -0.1) is 0 Å². The molecule has 0 aromatic heterocycles. The van der Waals surface area contributed by atoms with Crippen molar-refractivity contribution in [2.75, 3.05) is 0 Å². The lowest BCUT2D eigenvalue weighted by Crippen LogP contribution is -2.13. The van der Waals surface area contributed by atoms with Crippen LogP contribution in [0, 0.1) is 0 Å². The van der Waals surface area contributed by atoms with Gasteiger partial charge in [0.15, 0.2) is 0 Å². The third-order valence-electron chi connectivity index (χ3n) is 0.737. The van der Waals surface area contributed by atoms with Crippen LogP contribution in [0.5, 0.6) is 0 Å². The zero-order valence-corrected chi connectivity index (χ0v) is 5.87. The minimum Gasteiger partial charge on any atom is -0.463 e. The van der Waals surface area contributed by atoms with E-state index in [1.807, 2.05) is 0 Å². The van der Waals surface area contributed by atoms with Gasteiger partial charge in [0, 0.05) is 13.0 Å². The van der Waals surface area contributed by atoms with Gasteiger partial charge in [-0.2, -0.15) is 0 Å². The minimum atomic E-state index is -0.594. The summed E-state index contributed by atoms with van der Waals surface area (Å²) in [4.78, 5) is 10.4. The Balaban J connectivity index is 3.55. The van der Waals surface area contributed by atoms with Crippen molar-refractivity contribution in [3.8, 4) is 0 Å². The average molecular weight is 142 g/mol. The third kappa shape index (κ3) is 3.72. The molecular formula is C7H10O3. The average Bonchev–Trinajstić information content (AvgIpc) is 1.88. The number of hydrogen-bond acceptors (Lipinski definition) is 3. The molecule has 0 aromatic carbocycles. The van der Waals surface area contributed by atoms with Crippen LogP contribution in [0.4, 0.5) is 0 Å². The quantitative estimate of drug-likeness (QED) is 0.256. The number of carbonyl (C=O) groups excluding carboxylic acids is 1. The van der Waals surface area contributed by atoms with Gasteiger partial charge in [-0.1, -0.05) is 13.2 Å². The maximum Gasteiger partial charge on any atom is 0.333 e. The standard InChI is InChI=1S/C7H10O3/c1-4-7(8)10-6(3)9-5-2/h4-6H,1-2H2,3H3. The Morgan fingerprint density at radius 2 is 2.20 bits per heavy atom. The Labute approximate surface area is 59.9 Å². The molecular weight excluding hydrogens is 132 g/mol. The second-order valence-corrected chi connectivity index (χ2v) is 1.51. The van der Waals surface area contributed by atoms with E-state index in [1.54, 1.807) is 6.92 Å². The van der Waals surface area contributed by atoms with Crippen molar-refractivity contribution in [1.82, 2.24) is 0 Å². The van der Waals surface area contributed by atoms with Crippen molar-refractivity contribution >= 4 is 5.97 Å². The molecule has 0 heterocycles. The van der Waals surface area contributed by atoms with Gasteiger partial charge in [0.05, 0.1) is 6.26 Å². The monoisotopic (exact) mass is 142 g/mol. The van der Waals surface area contributed by atoms with E-state index in [9.17, 15) is 4.79 Å². The van der Waals surface area contributed by atoms with E-state index < -0.39 is 12.3 Å². The third-order valence-corrected chi connectivity index (χ3v) is 0.737. The van der Waals surface area contributed by atoms with Gasteiger partial charge in [0.1, 0.15) is 0 Å². The minimum absolute atomic E-state index is 0.505. The first-order valence-corrected chi connectivity index (χ1v) is 2.80. The Bertz CT molecular complexity index is 140. The van der Waals surface area contributed by atoms with Gasteiger partial charge in [-0.25, -0.2) is 4.79 Å². The summed E-state index contributed by atoms with van der Waals surface area (Å²) in [6.07, 6.45) is 1.69. The summed E-state index contributed by atoms with van der Waals surface area (Å²) in [7, 11) is 0. The molecule has 1 unspecified atom stereocenters. The summed E-state index contributed by atoms with van der Waals surface area (Å²) in [6.45, 7) is 8.10. The van der Waals surface area contributed by atoms with Crippen molar-refractivity contribution in [2.45, 2.75) is 13.2 Å². The molecule has 0 spiro atoms. The highest BCUT2D eigenvalue weighted by molar-refractivity contribution is 5.81. The second kappa shape index (κ2) is 4.61. The lowest BCUT2D eigenvalue weighted by Gasteiger charge is -2.09. The Morgan fingerprint density at radius 3 is 2.60 bits per heavy atom. The predicted molar refractivity (Wildman–Crippen MR) is 37.0 cm³/mol. The number of carbonyl (C=O) groups is 1. The van der Waals surface area contributed by atoms with Gasteiger partial charge in [-0.05, 0) is 0 Å². The van der Waals surface area contributed by atoms with Crippen molar-refractivity contribution in [1.29, 1.82) is 0 Å². The maximum absolute atomic E-state index is 10.4. The van der Waals surface area contributed by atoms with E-state index in [0.717, 1.165) is 6.08 Å². The fourth-order valence-corrected chi connectivity index (χ4v) is 0.375.